The number of ether oxygens (including phenoxy) is 1. The van der Waals surface area contributed by atoms with Crippen LogP contribution in [0.25, 0.3) is 0 Å². The molecule has 0 bridgehead atoms. The van der Waals surface area contributed by atoms with Gasteiger partial charge < -0.3 is 18.6 Å². The number of amides is 1. The summed E-state index contributed by atoms with van der Waals surface area (Å²) < 4.78 is 12.5. The van der Waals surface area contributed by atoms with Crippen LogP contribution < -0.4 is 0 Å². The van der Waals surface area contributed by atoms with E-state index in [1.54, 1.807) is 44.1 Å². The first kappa shape index (κ1) is 22.8. The SMILES string of the molecule is CCOC(=O)c1c(C)c(C(=O)C(C)N(Cc2ccco2)C(=O)C2CCC2)c(C)n1CC. The highest BCUT2D eigenvalue weighted by Crippen LogP contribution is 2.31. The number of carbonyl (C=O) groups is 3. The second-order valence-electron chi connectivity index (χ2n) is 8.11. The highest BCUT2D eigenvalue weighted by atomic mass is 16.5. The van der Waals surface area contributed by atoms with Crippen molar-refractivity contribution in [1.29, 1.82) is 0 Å². The van der Waals surface area contributed by atoms with E-state index in [4.69, 9.17) is 9.15 Å². The van der Waals surface area contributed by atoms with Crippen LogP contribution in [0.1, 0.15) is 77.9 Å². The Morgan fingerprint density at radius 1 is 1.26 bits per heavy atom. The summed E-state index contributed by atoms with van der Waals surface area (Å²) in [5.41, 5.74) is 2.21. The summed E-state index contributed by atoms with van der Waals surface area (Å²) in [4.78, 5) is 41.0. The minimum atomic E-state index is -0.682. The van der Waals surface area contributed by atoms with Crippen LogP contribution in [0.4, 0.5) is 0 Å². The molecule has 2 aromatic heterocycles. The highest BCUT2D eigenvalue weighted by Gasteiger charge is 2.37. The standard InChI is InChI=1S/C24H32N2O5/c1-6-25-16(4)20(15(3)21(25)24(29)30-7-2)22(27)17(5)26(14-19-12-9-13-31-19)23(28)18-10-8-11-18/h9,12-13,17-18H,6-8,10-11,14H2,1-5H3. The molecule has 3 rings (SSSR count). The van der Waals surface area contributed by atoms with Crippen LogP contribution >= 0.6 is 0 Å². The molecular formula is C24H32N2O5. The van der Waals surface area contributed by atoms with Gasteiger partial charge in [-0.3, -0.25) is 9.59 Å². The van der Waals surface area contributed by atoms with Crippen LogP contribution in [0.5, 0.6) is 0 Å². The Balaban J connectivity index is 1.97. The Kier molecular flexibility index (Phi) is 7.03. The van der Waals surface area contributed by atoms with Gasteiger partial charge in [-0.2, -0.15) is 0 Å². The lowest BCUT2D eigenvalue weighted by Crippen LogP contribution is -2.47. The Morgan fingerprint density at radius 2 is 1.97 bits per heavy atom. The van der Waals surface area contributed by atoms with Crippen LogP contribution in [-0.4, -0.2) is 39.8 Å². The van der Waals surface area contributed by atoms with Crippen molar-refractivity contribution in [2.75, 3.05) is 6.61 Å². The van der Waals surface area contributed by atoms with Gasteiger partial charge in [0.05, 0.1) is 25.5 Å². The number of ketones is 1. The first-order chi connectivity index (χ1) is 14.8. The minimum Gasteiger partial charge on any atom is -0.467 e. The molecule has 0 spiro atoms. The summed E-state index contributed by atoms with van der Waals surface area (Å²) in [7, 11) is 0. The van der Waals surface area contributed by atoms with E-state index in [-0.39, 0.29) is 30.8 Å². The average molecular weight is 429 g/mol. The van der Waals surface area contributed by atoms with Crippen molar-refractivity contribution in [2.24, 2.45) is 5.92 Å². The van der Waals surface area contributed by atoms with Crippen LogP contribution in [0.3, 0.4) is 0 Å². The maximum Gasteiger partial charge on any atom is 0.355 e. The molecule has 2 heterocycles. The number of nitrogens with zero attached hydrogens (tertiary/aromatic N) is 2. The van der Waals surface area contributed by atoms with Gasteiger partial charge in [0, 0.05) is 23.7 Å². The third-order valence-electron chi connectivity index (χ3n) is 6.29. The molecule has 1 atom stereocenters. The molecule has 2 aromatic rings. The largest absolute Gasteiger partial charge is 0.467 e. The number of hydrogen-bond donors (Lipinski definition) is 0. The fraction of sp³-hybridized carbons (Fsp3) is 0.542. The molecule has 1 amide bonds. The van der Waals surface area contributed by atoms with Crippen LogP contribution in [0.2, 0.25) is 0 Å². The monoisotopic (exact) mass is 428 g/mol. The number of Topliss-reactive ketones (excluding diaryl/α,β-unsaturated/α-hetero) is 1. The average Bonchev–Trinajstić information content (AvgIpc) is 3.29. The molecule has 0 radical (unpaired) electrons. The number of rotatable bonds is 9. The number of aromatic nitrogens is 1. The highest BCUT2D eigenvalue weighted by molar-refractivity contribution is 6.06. The fourth-order valence-corrected chi connectivity index (χ4v) is 4.33. The van der Waals surface area contributed by atoms with Gasteiger partial charge in [0.1, 0.15) is 11.5 Å². The lowest BCUT2D eigenvalue weighted by atomic mass is 9.83. The van der Waals surface area contributed by atoms with E-state index < -0.39 is 12.0 Å². The zero-order valence-corrected chi connectivity index (χ0v) is 19.1. The van der Waals surface area contributed by atoms with Gasteiger partial charge >= 0.3 is 5.97 Å². The van der Waals surface area contributed by atoms with Crippen LogP contribution in [0, 0.1) is 19.8 Å². The quantitative estimate of drug-likeness (QED) is 0.439. The summed E-state index contributed by atoms with van der Waals surface area (Å²) in [6, 6.07) is 2.90. The van der Waals surface area contributed by atoms with E-state index in [0.29, 0.717) is 34.8 Å². The zero-order chi connectivity index (χ0) is 22.7. The molecule has 0 aromatic carbocycles. The molecule has 0 saturated heterocycles. The van der Waals surface area contributed by atoms with Gasteiger partial charge in [0.2, 0.25) is 5.91 Å². The van der Waals surface area contributed by atoms with E-state index in [9.17, 15) is 14.4 Å². The van der Waals surface area contributed by atoms with Crippen molar-refractivity contribution < 1.29 is 23.5 Å². The van der Waals surface area contributed by atoms with Crippen molar-refractivity contribution in [1.82, 2.24) is 9.47 Å². The van der Waals surface area contributed by atoms with E-state index in [1.807, 2.05) is 18.4 Å². The minimum absolute atomic E-state index is 0.0145. The number of carbonyl (C=O) groups excluding carboxylic acids is 3. The molecule has 1 fully saturated rings. The van der Waals surface area contributed by atoms with Crippen LogP contribution in [0.15, 0.2) is 22.8 Å². The Hall–Kier alpha value is -2.83. The summed E-state index contributed by atoms with van der Waals surface area (Å²) in [6.45, 7) is 10.1. The molecular weight excluding hydrogens is 396 g/mol. The molecule has 1 aliphatic carbocycles. The van der Waals surface area contributed by atoms with Gasteiger partial charge in [-0.05, 0) is 65.2 Å². The van der Waals surface area contributed by atoms with Crippen LogP contribution in [-0.2, 0) is 22.6 Å². The Morgan fingerprint density at radius 3 is 2.48 bits per heavy atom. The first-order valence-corrected chi connectivity index (χ1v) is 11.1. The van der Waals surface area contributed by atoms with Gasteiger partial charge in [0.25, 0.3) is 0 Å². The van der Waals surface area contributed by atoms with E-state index >= 15 is 0 Å². The molecule has 0 N–H and O–H groups in total. The summed E-state index contributed by atoms with van der Waals surface area (Å²) >= 11 is 0. The molecule has 7 nitrogen and oxygen atoms in total. The van der Waals surface area contributed by atoms with Gasteiger partial charge in [-0.15, -0.1) is 0 Å². The Bertz CT molecular complexity index is 953. The maximum absolute atomic E-state index is 13.7. The lowest BCUT2D eigenvalue weighted by molar-refractivity contribution is -0.140. The van der Waals surface area contributed by atoms with E-state index in [1.165, 1.54) is 0 Å². The smallest absolute Gasteiger partial charge is 0.355 e. The number of esters is 1. The van der Waals surface area contributed by atoms with Gasteiger partial charge in [0.15, 0.2) is 5.78 Å². The second kappa shape index (κ2) is 9.54. The van der Waals surface area contributed by atoms with E-state index in [2.05, 4.69) is 0 Å². The molecule has 31 heavy (non-hydrogen) atoms. The summed E-state index contributed by atoms with van der Waals surface area (Å²) in [5.74, 6) is -0.0252. The van der Waals surface area contributed by atoms with Crippen molar-refractivity contribution in [3.8, 4) is 0 Å². The normalized spacial score (nSPS) is 14.7. The van der Waals surface area contributed by atoms with E-state index in [0.717, 1.165) is 19.3 Å². The second-order valence-corrected chi connectivity index (χ2v) is 8.11. The zero-order valence-electron chi connectivity index (χ0n) is 19.1. The molecule has 1 unspecified atom stereocenters. The fourth-order valence-electron chi connectivity index (χ4n) is 4.33. The number of hydrogen-bond acceptors (Lipinski definition) is 5. The van der Waals surface area contributed by atoms with Crippen molar-refractivity contribution in [3.63, 3.8) is 0 Å². The number of furan rings is 1. The third-order valence-corrected chi connectivity index (χ3v) is 6.29. The topological polar surface area (TPSA) is 81.8 Å². The Labute approximate surface area is 183 Å². The lowest BCUT2D eigenvalue weighted by Gasteiger charge is -2.34. The predicted molar refractivity (Wildman–Crippen MR) is 116 cm³/mol. The molecule has 0 aliphatic heterocycles. The van der Waals surface area contributed by atoms with Crippen molar-refractivity contribution in [3.05, 3.63) is 46.7 Å². The third kappa shape index (κ3) is 4.31. The molecule has 1 aliphatic rings. The van der Waals surface area contributed by atoms with Gasteiger partial charge in [-0.1, -0.05) is 6.42 Å². The molecule has 1 saturated carbocycles. The summed E-state index contributed by atoms with van der Waals surface area (Å²) in [5, 5.41) is 0. The van der Waals surface area contributed by atoms with Gasteiger partial charge in [-0.25, -0.2) is 4.79 Å². The summed E-state index contributed by atoms with van der Waals surface area (Å²) in [6.07, 6.45) is 4.31. The maximum atomic E-state index is 13.7. The molecule has 7 heteroatoms. The molecule has 168 valence electrons. The van der Waals surface area contributed by atoms with Crippen molar-refractivity contribution in [2.45, 2.75) is 73.0 Å². The first-order valence-electron chi connectivity index (χ1n) is 11.1. The van der Waals surface area contributed by atoms with Crippen molar-refractivity contribution >= 4 is 17.7 Å². The predicted octanol–water partition coefficient (Wildman–Crippen LogP) is 4.29.